The van der Waals surface area contributed by atoms with Crippen molar-refractivity contribution in [3.63, 3.8) is 0 Å². The van der Waals surface area contributed by atoms with Gasteiger partial charge in [0.15, 0.2) is 23.1 Å². The Labute approximate surface area is 361 Å². The quantitative estimate of drug-likeness (QED) is 0.168. The molecule has 0 amide bonds. The van der Waals surface area contributed by atoms with Gasteiger partial charge >= 0.3 is 0 Å². The van der Waals surface area contributed by atoms with Crippen LogP contribution in [0, 0.1) is 0 Å². The molecule has 6 heteroatoms. The van der Waals surface area contributed by atoms with E-state index in [2.05, 4.69) is 149 Å². The molecule has 0 aliphatic heterocycles. The third kappa shape index (κ3) is 5.48. The maximum absolute atomic E-state index is 7.01. The van der Waals surface area contributed by atoms with Gasteiger partial charge in [0, 0.05) is 54.7 Å². The van der Waals surface area contributed by atoms with Gasteiger partial charge in [-0.3, -0.25) is 0 Å². The molecule has 0 saturated heterocycles. The lowest BCUT2D eigenvalue weighted by Crippen LogP contribution is -2.01. The second-order valence-electron chi connectivity index (χ2n) is 15.9. The monoisotopic (exact) mass is 805 g/mol. The van der Waals surface area contributed by atoms with Crippen LogP contribution in [-0.2, 0) is 0 Å². The van der Waals surface area contributed by atoms with Crippen LogP contribution in [0.25, 0.3) is 122 Å². The second-order valence-corrected chi connectivity index (χ2v) is 15.9. The van der Waals surface area contributed by atoms with Crippen LogP contribution < -0.4 is 0 Å². The maximum Gasteiger partial charge on any atom is 0.164 e. The van der Waals surface area contributed by atoms with E-state index in [9.17, 15) is 0 Å². The van der Waals surface area contributed by atoms with E-state index in [-0.39, 0.29) is 0 Å². The van der Waals surface area contributed by atoms with Crippen LogP contribution in [0.3, 0.4) is 0 Å². The molecule has 0 atom stereocenters. The van der Waals surface area contributed by atoms with Gasteiger partial charge in [0.1, 0.15) is 5.58 Å². The molecular weight excluding hydrogens is 771 g/mol. The van der Waals surface area contributed by atoms with Crippen molar-refractivity contribution in [2.24, 2.45) is 0 Å². The molecule has 294 valence electrons. The van der Waals surface area contributed by atoms with Gasteiger partial charge in [-0.25, -0.2) is 15.0 Å². The molecule has 9 aromatic carbocycles. The third-order valence-corrected chi connectivity index (χ3v) is 12.4. The number of furan rings is 1. The van der Waals surface area contributed by atoms with Gasteiger partial charge in [0.2, 0.25) is 0 Å². The van der Waals surface area contributed by atoms with E-state index in [1.807, 2.05) is 72.8 Å². The van der Waals surface area contributed by atoms with Crippen LogP contribution in [0.2, 0.25) is 0 Å². The van der Waals surface area contributed by atoms with Crippen LogP contribution in [0.1, 0.15) is 0 Å². The molecule has 0 saturated carbocycles. The summed E-state index contributed by atoms with van der Waals surface area (Å²) >= 11 is 0. The molecular formula is C57H35N5O. The zero-order chi connectivity index (χ0) is 41.4. The zero-order valence-electron chi connectivity index (χ0n) is 33.9. The molecule has 0 fully saturated rings. The Kier molecular flexibility index (Phi) is 7.80. The molecule has 0 N–H and O–H groups in total. The van der Waals surface area contributed by atoms with Crippen LogP contribution in [0.15, 0.2) is 217 Å². The van der Waals surface area contributed by atoms with Gasteiger partial charge in [0.25, 0.3) is 0 Å². The number of hydrogen-bond acceptors (Lipinski definition) is 4. The van der Waals surface area contributed by atoms with E-state index < -0.39 is 0 Å². The summed E-state index contributed by atoms with van der Waals surface area (Å²) < 4.78 is 11.8. The van der Waals surface area contributed by atoms with Gasteiger partial charge < -0.3 is 13.6 Å². The molecule has 0 aliphatic rings. The minimum absolute atomic E-state index is 0.580. The smallest absolute Gasteiger partial charge is 0.164 e. The fraction of sp³-hybridized carbons (Fsp3) is 0. The standard InChI is InChI=1S/C57H35N5O/c1-5-17-36(18-6-1)39-29-31-46-44(35-39)53-48(34-33-47-52(53)41-25-13-15-27-45(41)61(47)40-23-11-4-12-24-40)62(46)49-32-30-43(51-42-26-14-16-28-50(42)63-54(49)51)57-59-55(37-19-7-2-8-20-37)58-56(60-57)38-21-9-3-10-22-38/h1-35H. The van der Waals surface area contributed by atoms with E-state index in [1.54, 1.807) is 0 Å². The highest BCUT2D eigenvalue weighted by atomic mass is 16.3. The van der Waals surface area contributed by atoms with E-state index in [4.69, 9.17) is 19.4 Å². The second kappa shape index (κ2) is 14.0. The molecule has 0 bridgehead atoms. The summed E-state index contributed by atoms with van der Waals surface area (Å²) in [4.78, 5) is 15.4. The average molecular weight is 806 g/mol. The van der Waals surface area contributed by atoms with E-state index >= 15 is 0 Å². The Morgan fingerprint density at radius 2 is 0.857 bits per heavy atom. The first-order valence-electron chi connectivity index (χ1n) is 21.2. The van der Waals surface area contributed by atoms with Crippen LogP contribution in [-0.4, -0.2) is 24.1 Å². The molecule has 0 spiro atoms. The number of hydrogen-bond donors (Lipinski definition) is 0. The molecule has 63 heavy (non-hydrogen) atoms. The summed E-state index contributed by atoms with van der Waals surface area (Å²) in [7, 11) is 0. The first-order chi connectivity index (χ1) is 31.3. The van der Waals surface area contributed by atoms with Crippen LogP contribution in [0.5, 0.6) is 0 Å². The number of benzene rings is 9. The normalized spacial score (nSPS) is 11.8. The number of aromatic nitrogens is 5. The predicted octanol–water partition coefficient (Wildman–Crippen LogP) is 14.6. The number of para-hydroxylation sites is 3. The van der Waals surface area contributed by atoms with Crippen molar-refractivity contribution in [1.29, 1.82) is 0 Å². The lowest BCUT2D eigenvalue weighted by atomic mass is 10.0. The summed E-state index contributed by atoms with van der Waals surface area (Å²) in [6, 6.07) is 74.3. The Hall–Kier alpha value is -8.61. The highest BCUT2D eigenvalue weighted by Crippen LogP contribution is 2.46. The van der Waals surface area contributed by atoms with Gasteiger partial charge in [-0.15, -0.1) is 0 Å². The van der Waals surface area contributed by atoms with E-state index in [0.29, 0.717) is 17.5 Å². The summed E-state index contributed by atoms with van der Waals surface area (Å²) in [6.07, 6.45) is 0. The maximum atomic E-state index is 7.01. The number of fused-ring (bicyclic) bond motifs is 10. The number of nitrogens with zero attached hydrogens (tertiary/aromatic N) is 5. The van der Waals surface area contributed by atoms with Crippen LogP contribution >= 0.6 is 0 Å². The predicted molar refractivity (Wildman–Crippen MR) is 258 cm³/mol. The summed E-state index contributed by atoms with van der Waals surface area (Å²) in [5.74, 6) is 1.80. The Morgan fingerprint density at radius 3 is 1.56 bits per heavy atom. The van der Waals surface area contributed by atoms with Crippen molar-refractivity contribution in [2.45, 2.75) is 0 Å². The van der Waals surface area contributed by atoms with E-state index in [0.717, 1.165) is 77.6 Å². The van der Waals surface area contributed by atoms with Gasteiger partial charge in [-0.05, 0) is 71.8 Å². The van der Waals surface area contributed by atoms with Crippen molar-refractivity contribution < 1.29 is 4.42 Å². The van der Waals surface area contributed by atoms with Gasteiger partial charge in [0.05, 0.1) is 27.8 Å². The Bertz CT molecular complexity index is 3830. The summed E-state index contributed by atoms with van der Waals surface area (Å²) in [5, 5.41) is 6.72. The van der Waals surface area contributed by atoms with Gasteiger partial charge in [-0.2, -0.15) is 0 Å². The number of rotatable bonds is 6. The van der Waals surface area contributed by atoms with Crippen molar-refractivity contribution in [3.8, 4) is 56.7 Å². The first-order valence-corrected chi connectivity index (χ1v) is 21.2. The van der Waals surface area contributed by atoms with Crippen molar-refractivity contribution in [2.75, 3.05) is 0 Å². The van der Waals surface area contributed by atoms with E-state index in [1.165, 1.54) is 27.1 Å². The molecule has 0 aliphatic carbocycles. The SMILES string of the molecule is c1ccc(-c2ccc3c(c2)c2c4c5ccccc5n(-c5ccccc5)c4ccc2n3-c2ccc(-c3nc(-c4ccccc4)nc(-c4ccccc4)n3)c3c2oc2ccccc23)cc1. The van der Waals surface area contributed by atoms with Crippen molar-refractivity contribution in [1.82, 2.24) is 24.1 Å². The average Bonchev–Trinajstić information content (AvgIpc) is 4.03. The molecule has 13 aromatic rings. The third-order valence-electron chi connectivity index (χ3n) is 12.4. The molecule has 0 unspecified atom stereocenters. The van der Waals surface area contributed by atoms with Gasteiger partial charge in [-0.1, -0.05) is 152 Å². The fourth-order valence-corrected chi connectivity index (χ4v) is 9.60. The molecule has 6 nitrogen and oxygen atoms in total. The topological polar surface area (TPSA) is 61.7 Å². The molecule has 4 heterocycles. The largest absolute Gasteiger partial charge is 0.454 e. The highest BCUT2D eigenvalue weighted by Gasteiger charge is 2.25. The van der Waals surface area contributed by atoms with Crippen LogP contribution in [0.4, 0.5) is 0 Å². The minimum atomic E-state index is 0.580. The van der Waals surface area contributed by atoms with Crippen molar-refractivity contribution >= 4 is 65.6 Å². The Balaban J connectivity index is 1.14. The molecule has 4 aromatic heterocycles. The lowest BCUT2D eigenvalue weighted by Gasteiger charge is -2.13. The minimum Gasteiger partial charge on any atom is -0.454 e. The first kappa shape index (κ1) is 35.2. The summed E-state index contributed by atoms with van der Waals surface area (Å²) in [5.41, 5.74) is 13.1. The molecule has 0 radical (unpaired) electrons. The highest BCUT2D eigenvalue weighted by molar-refractivity contribution is 6.29. The fourth-order valence-electron chi connectivity index (χ4n) is 9.60. The molecule has 13 rings (SSSR count). The zero-order valence-corrected chi connectivity index (χ0v) is 33.9. The summed E-state index contributed by atoms with van der Waals surface area (Å²) in [6.45, 7) is 0. The Morgan fingerprint density at radius 1 is 0.333 bits per heavy atom. The van der Waals surface area contributed by atoms with Crippen molar-refractivity contribution in [3.05, 3.63) is 212 Å². The lowest BCUT2D eigenvalue weighted by molar-refractivity contribution is 0.666.